The number of carbonyl (C=O) groups is 1. The van der Waals surface area contributed by atoms with Gasteiger partial charge in [0.2, 0.25) is 0 Å². The molecule has 3 rings (SSSR count). The summed E-state index contributed by atoms with van der Waals surface area (Å²) >= 11 is 0. The second-order valence-corrected chi connectivity index (χ2v) is 6.07. The molecule has 23 heavy (non-hydrogen) atoms. The molecule has 0 radical (unpaired) electrons. The summed E-state index contributed by atoms with van der Waals surface area (Å²) in [5, 5.41) is 2.91. The zero-order valence-corrected chi connectivity index (χ0v) is 13.6. The van der Waals surface area contributed by atoms with E-state index in [1.807, 2.05) is 37.3 Å². The van der Waals surface area contributed by atoms with Gasteiger partial charge in [0, 0.05) is 5.56 Å². The largest absolute Gasteiger partial charge is 0.491 e. The van der Waals surface area contributed by atoms with Crippen molar-refractivity contribution in [3.05, 3.63) is 64.7 Å². The first-order valence-electron chi connectivity index (χ1n) is 8.32. The number of aryl methyl sites for hydroxylation is 2. The van der Waals surface area contributed by atoms with Crippen molar-refractivity contribution in [2.24, 2.45) is 0 Å². The Hall–Kier alpha value is -2.29. The third-order valence-electron chi connectivity index (χ3n) is 4.28. The maximum absolute atomic E-state index is 12.1. The SMILES string of the molecule is Cc1cccc(C(=O)NCCOc2cccc3c2CCCC3)c1. The Morgan fingerprint density at radius 2 is 1.96 bits per heavy atom. The van der Waals surface area contributed by atoms with Crippen molar-refractivity contribution in [1.29, 1.82) is 0 Å². The second kappa shape index (κ2) is 7.32. The van der Waals surface area contributed by atoms with E-state index >= 15 is 0 Å². The van der Waals surface area contributed by atoms with Crippen LogP contribution in [0.3, 0.4) is 0 Å². The Labute approximate surface area is 137 Å². The Kier molecular flexibility index (Phi) is 4.96. The summed E-state index contributed by atoms with van der Waals surface area (Å²) < 4.78 is 5.90. The summed E-state index contributed by atoms with van der Waals surface area (Å²) in [6.07, 6.45) is 4.75. The zero-order valence-electron chi connectivity index (χ0n) is 13.6. The van der Waals surface area contributed by atoms with Crippen molar-refractivity contribution < 1.29 is 9.53 Å². The molecule has 3 nitrogen and oxygen atoms in total. The average Bonchev–Trinajstić information content (AvgIpc) is 2.58. The van der Waals surface area contributed by atoms with Gasteiger partial charge in [0.25, 0.3) is 5.91 Å². The van der Waals surface area contributed by atoms with Gasteiger partial charge in [-0.15, -0.1) is 0 Å². The van der Waals surface area contributed by atoms with Crippen LogP contribution in [0.1, 0.15) is 39.9 Å². The molecular formula is C20H23NO2. The van der Waals surface area contributed by atoms with Crippen LogP contribution >= 0.6 is 0 Å². The maximum Gasteiger partial charge on any atom is 0.251 e. The minimum absolute atomic E-state index is 0.0487. The van der Waals surface area contributed by atoms with Crippen LogP contribution < -0.4 is 10.1 Å². The van der Waals surface area contributed by atoms with Gasteiger partial charge in [-0.1, -0.05) is 29.8 Å². The van der Waals surface area contributed by atoms with E-state index < -0.39 is 0 Å². The summed E-state index contributed by atoms with van der Waals surface area (Å²) in [4.78, 5) is 12.1. The quantitative estimate of drug-likeness (QED) is 0.856. The standard InChI is InChI=1S/C20H23NO2/c1-15-6-4-9-17(14-15)20(22)21-12-13-23-19-11-5-8-16-7-2-3-10-18(16)19/h4-6,8-9,11,14H,2-3,7,10,12-13H2,1H3,(H,21,22). The molecule has 1 amide bonds. The number of benzene rings is 2. The lowest BCUT2D eigenvalue weighted by Gasteiger charge is -2.19. The van der Waals surface area contributed by atoms with Gasteiger partial charge in [-0.3, -0.25) is 4.79 Å². The average molecular weight is 309 g/mol. The van der Waals surface area contributed by atoms with Crippen molar-refractivity contribution in [3.63, 3.8) is 0 Å². The van der Waals surface area contributed by atoms with Crippen molar-refractivity contribution in [2.45, 2.75) is 32.6 Å². The molecular weight excluding hydrogens is 286 g/mol. The highest BCUT2D eigenvalue weighted by Crippen LogP contribution is 2.29. The summed E-state index contributed by atoms with van der Waals surface area (Å²) in [6, 6.07) is 13.9. The van der Waals surface area contributed by atoms with Crippen LogP contribution in [0.4, 0.5) is 0 Å². The molecule has 0 heterocycles. The molecule has 0 saturated heterocycles. The molecule has 1 aliphatic carbocycles. The maximum atomic E-state index is 12.1. The lowest BCUT2D eigenvalue weighted by molar-refractivity contribution is 0.0947. The molecule has 2 aromatic rings. The van der Waals surface area contributed by atoms with Gasteiger partial charge in [0.05, 0.1) is 6.54 Å². The minimum atomic E-state index is -0.0487. The third kappa shape index (κ3) is 3.92. The van der Waals surface area contributed by atoms with Gasteiger partial charge in [-0.05, 0) is 61.9 Å². The molecule has 2 aromatic carbocycles. The van der Waals surface area contributed by atoms with Crippen LogP contribution in [0.5, 0.6) is 5.75 Å². The number of hydrogen-bond acceptors (Lipinski definition) is 2. The van der Waals surface area contributed by atoms with Gasteiger partial charge in [-0.25, -0.2) is 0 Å². The van der Waals surface area contributed by atoms with E-state index in [1.165, 1.54) is 24.0 Å². The van der Waals surface area contributed by atoms with E-state index in [2.05, 4.69) is 17.4 Å². The molecule has 0 unspecified atom stereocenters. The van der Waals surface area contributed by atoms with E-state index in [0.29, 0.717) is 18.7 Å². The van der Waals surface area contributed by atoms with E-state index in [0.717, 1.165) is 24.2 Å². The first kappa shape index (κ1) is 15.6. The number of fused-ring (bicyclic) bond motifs is 1. The smallest absolute Gasteiger partial charge is 0.251 e. The molecule has 0 fully saturated rings. The monoisotopic (exact) mass is 309 g/mol. The van der Waals surface area contributed by atoms with Crippen LogP contribution in [0.15, 0.2) is 42.5 Å². The van der Waals surface area contributed by atoms with Crippen LogP contribution in [0, 0.1) is 6.92 Å². The van der Waals surface area contributed by atoms with Crippen LogP contribution in [0.25, 0.3) is 0 Å². The normalized spacial score (nSPS) is 13.3. The second-order valence-electron chi connectivity index (χ2n) is 6.07. The Bertz CT molecular complexity index is 694. The molecule has 1 aliphatic rings. The molecule has 0 aromatic heterocycles. The molecule has 1 N–H and O–H groups in total. The molecule has 0 atom stereocenters. The summed E-state index contributed by atoms with van der Waals surface area (Å²) in [6.45, 7) is 2.99. The molecule has 0 bridgehead atoms. The highest BCUT2D eigenvalue weighted by atomic mass is 16.5. The fourth-order valence-corrected chi connectivity index (χ4v) is 3.10. The number of ether oxygens (including phenoxy) is 1. The van der Waals surface area contributed by atoms with Crippen LogP contribution in [-0.2, 0) is 12.8 Å². The molecule has 0 spiro atoms. The Morgan fingerprint density at radius 3 is 2.83 bits per heavy atom. The lowest BCUT2D eigenvalue weighted by atomic mass is 9.91. The number of carbonyl (C=O) groups excluding carboxylic acids is 1. The predicted molar refractivity (Wildman–Crippen MR) is 92.1 cm³/mol. The number of hydrogen-bond donors (Lipinski definition) is 1. The van der Waals surface area contributed by atoms with E-state index in [-0.39, 0.29) is 5.91 Å². The first-order valence-corrected chi connectivity index (χ1v) is 8.32. The third-order valence-corrected chi connectivity index (χ3v) is 4.28. The number of amides is 1. The summed E-state index contributed by atoms with van der Waals surface area (Å²) in [7, 11) is 0. The lowest BCUT2D eigenvalue weighted by Crippen LogP contribution is -2.28. The highest BCUT2D eigenvalue weighted by molar-refractivity contribution is 5.94. The summed E-state index contributed by atoms with van der Waals surface area (Å²) in [5.41, 5.74) is 4.55. The fraction of sp³-hybridized carbons (Fsp3) is 0.350. The fourth-order valence-electron chi connectivity index (χ4n) is 3.10. The van der Waals surface area contributed by atoms with Crippen molar-refractivity contribution in [1.82, 2.24) is 5.32 Å². The summed E-state index contributed by atoms with van der Waals surface area (Å²) in [5.74, 6) is 0.930. The van der Waals surface area contributed by atoms with Crippen molar-refractivity contribution >= 4 is 5.91 Å². The van der Waals surface area contributed by atoms with Gasteiger partial charge in [0.1, 0.15) is 12.4 Å². The van der Waals surface area contributed by atoms with Crippen molar-refractivity contribution in [2.75, 3.05) is 13.2 Å². The number of rotatable bonds is 5. The first-order chi connectivity index (χ1) is 11.2. The van der Waals surface area contributed by atoms with Crippen LogP contribution in [-0.4, -0.2) is 19.1 Å². The Balaban J connectivity index is 1.51. The van der Waals surface area contributed by atoms with Gasteiger partial charge >= 0.3 is 0 Å². The van der Waals surface area contributed by atoms with Gasteiger partial charge in [0.15, 0.2) is 0 Å². The van der Waals surface area contributed by atoms with Crippen LogP contribution in [0.2, 0.25) is 0 Å². The zero-order chi connectivity index (χ0) is 16.1. The highest BCUT2D eigenvalue weighted by Gasteiger charge is 2.13. The molecule has 0 aliphatic heterocycles. The van der Waals surface area contributed by atoms with Crippen molar-refractivity contribution in [3.8, 4) is 5.75 Å². The van der Waals surface area contributed by atoms with E-state index in [9.17, 15) is 4.79 Å². The number of nitrogens with one attached hydrogen (secondary N) is 1. The van der Waals surface area contributed by atoms with E-state index in [4.69, 9.17) is 4.74 Å². The van der Waals surface area contributed by atoms with E-state index in [1.54, 1.807) is 0 Å². The topological polar surface area (TPSA) is 38.3 Å². The molecule has 3 heteroatoms. The predicted octanol–water partition coefficient (Wildman–Crippen LogP) is 3.68. The minimum Gasteiger partial charge on any atom is -0.491 e. The molecule has 0 saturated carbocycles. The van der Waals surface area contributed by atoms with Gasteiger partial charge < -0.3 is 10.1 Å². The Morgan fingerprint density at radius 1 is 1.13 bits per heavy atom. The molecule has 120 valence electrons. The van der Waals surface area contributed by atoms with Gasteiger partial charge in [-0.2, -0.15) is 0 Å².